The van der Waals surface area contributed by atoms with Crippen LogP contribution in [0.2, 0.25) is 0 Å². The number of thioether (sulfide) groups is 1. The van der Waals surface area contributed by atoms with Crippen LogP contribution >= 0.6 is 11.8 Å². The highest BCUT2D eigenvalue weighted by molar-refractivity contribution is 8.03. The maximum absolute atomic E-state index is 12.0. The van der Waals surface area contributed by atoms with Gasteiger partial charge in [-0.2, -0.15) is 16.8 Å². The molecule has 6 atom stereocenters. The van der Waals surface area contributed by atoms with Crippen LogP contribution in [0, 0.1) is 5.92 Å². The monoisotopic (exact) mass is 344 g/mol. The Morgan fingerprint density at radius 2 is 1.95 bits per heavy atom. The first-order valence-electron chi connectivity index (χ1n) is 5.69. The number of carbonyl (C=O) groups excluding carboxylic acids is 1. The number of hydrogen-bond donors (Lipinski definition) is 0. The van der Waals surface area contributed by atoms with E-state index >= 15 is 0 Å². The van der Waals surface area contributed by atoms with Gasteiger partial charge in [0.1, 0.15) is 17.5 Å². The summed E-state index contributed by atoms with van der Waals surface area (Å²) in [4.78, 5) is 11.8. The number of methoxy groups -OCH3 is 1. The largest absolute Gasteiger partial charge is 0.469 e. The van der Waals surface area contributed by atoms with Crippen LogP contribution < -0.4 is 0 Å². The zero-order chi connectivity index (χ0) is 14.9. The summed E-state index contributed by atoms with van der Waals surface area (Å²) >= 11 is 1.22. The van der Waals surface area contributed by atoms with E-state index in [0.717, 1.165) is 13.4 Å². The molecule has 0 spiro atoms. The summed E-state index contributed by atoms with van der Waals surface area (Å²) in [5, 5.41) is -2.09. The lowest BCUT2D eigenvalue weighted by atomic mass is 9.85. The summed E-state index contributed by atoms with van der Waals surface area (Å²) in [7, 11) is -6.55. The van der Waals surface area contributed by atoms with E-state index < -0.39 is 60.1 Å². The van der Waals surface area contributed by atoms with E-state index in [4.69, 9.17) is 8.37 Å². The van der Waals surface area contributed by atoms with E-state index in [2.05, 4.69) is 4.74 Å². The lowest BCUT2D eigenvalue weighted by Crippen LogP contribution is -2.49. The summed E-state index contributed by atoms with van der Waals surface area (Å²) in [6.45, 7) is 0. The maximum Gasteiger partial charge on any atom is 0.311 e. The van der Waals surface area contributed by atoms with Crippen molar-refractivity contribution in [3.8, 4) is 0 Å². The SMILES string of the molecule is COC(=O)C1C2SC3C(OS(=O)(=O)C31)C2OS(C)(=O)=O. The second-order valence-electron chi connectivity index (χ2n) is 4.90. The third-order valence-corrected chi connectivity index (χ3v) is 7.89. The number of ether oxygens (including phenoxy) is 1. The predicted octanol–water partition coefficient (Wildman–Crippen LogP) is -1.28. The fraction of sp³-hybridized carbons (Fsp3) is 0.889. The highest BCUT2D eigenvalue weighted by Crippen LogP contribution is 2.59. The molecule has 0 aromatic carbocycles. The number of esters is 1. The van der Waals surface area contributed by atoms with E-state index in [1.54, 1.807) is 0 Å². The maximum atomic E-state index is 12.0. The van der Waals surface area contributed by atoms with Crippen molar-refractivity contribution in [3.63, 3.8) is 0 Å². The Hall–Kier alpha value is -0.360. The molecular weight excluding hydrogens is 332 g/mol. The Morgan fingerprint density at radius 3 is 2.50 bits per heavy atom. The average Bonchev–Trinajstić information content (AvgIpc) is 2.88. The van der Waals surface area contributed by atoms with Gasteiger partial charge in [0.15, 0.2) is 0 Å². The molecular formula is C9H12O8S3. The fourth-order valence-corrected chi connectivity index (χ4v) is 8.17. The zero-order valence-electron chi connectivity index (χ0n) is 10.5. The lowest BCUT2D eigenvalue weighted by molar-refractivity contribution is -0.146. The van der Waals surface area contributed by atoms with Crippen molar-refractivity contribution in [2.24, 2.45) is 5.92 Å². The second kappa shape index (κ2) is 4.32. The van der Waals surface area contributed by atoms with E-state index in [-0.39, 0.29) is 0 Å². The van der Waals surface area contributed by atoms with Crippen LogP contribution in [0.3, 0.4) is 0 Å². The van der Waals surface area contributed by atoms with Crippen molar-refractivity contribution in [1.29, 1.82) is 0 Å². The molecule has 0 saturated carbocycles. The summed E-state index contributed by atoms with van der Waals surface area (Å²) < 4.78 is 61.1. The lowest BCUT2D eigenvalue weighted by Gasteiger charge is -2.27. The van der Waals surface area contributed by atoms with E-state index in [9.17, 15) is 21.6 Å². The van der Waals surface area contributed by atoms with E-state index in [0.29, 0.717) is 0 Å². The van der Waals surface area contributed by atoms with Crippen molar-refractivity contribution in [2.45, 2.75) is 28.0 Å². The van der Waals surface area contributed by atoms with Crippen LogP contribution in [0.25, 0.3) is 0 Å². The Kier molecular flexibility index (Phi) is 3.15. The first kappa shape index (κ1) is 14.6. The van der Waals surface area contributed by atoms with Gasteiger partial charge in [0.05, 0.1) is 29.8 Å². The van der Waals surface area contributed by atoms with Gasteiger partial charge in [-0.15, -0.1) is 11.8 Å². The molecule has 11 heteroatoms. The molecule has 3 fully saturated rings. The second-order valence-corrected chi connectivity index (χ2v) is 9.58. The van der Waals surface area contributed by atoms with Gasteiger partial charge < -0.3 is 4.74 Å². The highest BCUT2D eigenvalue weighted by Gasteiger charge is 2.72. The topological polar surface area (TPSA) is 113 Å². The van der Waals surface area contributed by atoms with Crippen molar-refractivity contribution < 1.29 is 34.7 Å². The van der Waals surface area contributed by atoms with Gasteiger partial charge in [0.25, 0.3) is 20.2 Å². The van der Waals surface area contributed by atoms with E-state index in [1.165, 1.54) is 11.8 Å². The third kappa shape index (κ3) is 1.98. The Balaban J connectivity index is 2.02. The number of carbonyl (C=O) groups is 1. The van der Waals surface area contributed by atoms with Crippen molar-refractivity contribution in [1.82, 2.24) is 0 Å². The molecule has 0 aromatic rings. The molecule has 3 rings (SSSR count). The summed E-state index contributed by atoms with van der Waals surface area (Å²) in [6, 6.07) is 0. The molecule has 0 aliphatic carbocycles. The number of hydrogen-bond acceptors (Lipinski definition) is 9. The zero-order valence-corrected chi connectivity index (χ0v) is 12.9. The van der Waals surface area contributed by atoms with Gasteiger partial charge in [0.2, 0.25) is 0 Å². The number of rotatable bonds is 3. The smallest absolute Gasteiger partial charge is 0.311 e. The average molecular weight is 344 g/mol. The van der Waals surface area contributed by atoms with Gasteiger partial charge in [-0.25, -0.2) is 0 Å². The van der Waals surface area contributed by atoms with Gasteiger partial charge in [0, 0.05) is 0 Å². The quantitative estimate of drug-likeness (QED) is 0.456. The molecule has 6 unspecified atom stereocenters. The van der Waals surface area contributed by atoms with Crippen LogP contribution in [-0.2, 0) is 38.1 Å². The molecule has 3 aliphatic heterocycles. The first-order valence-corrected chi connectivity index (χ1v) is 9.92. The Bertz CT molecular complexity index is 653. The molecule has 3 aliphatic rings. The van der Waals surface area contributed by atoms with Crippen molar-refractivity contribution in [2.75, 3.05) is 13.4 Å². The first-order chi connectivity index (χ1) is 9.15. The summed E-state index contributed by atoms with van der Waals surface area (Å²) in [6.07, 6.45) is -0.981. The molecule has 0 aromatic heterocycles. The molecule has 114 valence electrons. The van der Waals surface area contributed by atoms with Gasteiger partial charge in [-0.05, 0) is 0 Å². The molecule has 8 nitrogen and oxygen atoms in total. The van der Waals surface area contributed by atoms with Crippen LogP contribution in [0.4, 0.5) is 0 Å². The van der Waals surface area contributed by atoms with Crippen LogP contribution in [0.15, 0.2) is 0 Å². The third-order valence-electron chi connectivity index (χ3n) is 3.66. The van der Waals surface area contributed by atoms with Crippen molar-refractivity contribution >= 4 is 38.0 Å². The highest BCUT2D eigenvalue weighted by atomic mass is 32.2. The van der Waals surface area contributed by atoms with Gasteiger partial charge >= 0.3 is 5.97 Å². The Morgan fingerprint density at radius 1 is 1.30 bits per heavy atom. The molecule has 0 N–H and O–H groups in total. The number of fused-ring (bicyclic) bond motifs is 1. The van der Waals surface area contributed by atoms with Crippen LogP contribution in [0.5, 0.6) is 0 Å². The summed E-state index contributed by atoms with van der Waals surface area (Å²) in [5.74, 6) is -1.66. The Labute approximate surface area is 120 Å². The molecule has 3 heterocycles. The van der Waals surface area contributed by atoms with Crippen molar-refractivity contribution in [3.05, 3.63) is 0 Å². The van der Waals surface area contributed by atoms with Gasteiger partial charge in [-0.3, -0.25) is 13.2 Å². The minimum absolute atomic E-state index is 0.499. The van der Waals surface area contributed by atoms with E-state index in [1.807, 2.05) is 0 Å². The van der Waals surface area contributed by atoms with Crippen LogP contribution in [-0.4, -0.2) is 64.1 Å². The van der Waals surface area contributed by atoms with Crippen LogP contribution in [0.1, 0.15) is 0 Å². The normalized spacial score (nSPS) is 44.7. The molecule has 3 saturated heterocycles. The van der Waals surface area contributed by atoms with Gasteiger partial charge in [-0.1, -0.05) is 0 Å². The molecule has 0 amide bonds. The molecule has 2 bridgehead atoms. The molecule has 20 heavy (non-hydrogen) atoms. The summed E-state index contributed by atoms with van der Waals surface area (Å²) in [5.41, 5.74) is 0. The fourth-order valence-electron chi connectivity index (χ4n) is 3.04. The molecule has 0 radical (unpaired) electrons. The minimum Gasteiger partial charge on any atom is -0.469 e. The minimum atomic E-state index is -3.92. The standard InChI is InChI=1S/C9H12O8S3/c1-15-9(10)3-6-4(16-19(2,11)12)5-7(18-6)8(3)20(13,14)17-5/h3-8H,1-2H3. The predicted molar refractivity (Wildman–Crippen MR) is 68.0 cm³/mol.